The van der Waals surface area contributed by atoms with E-state index in [1.165, 1.54) is 58.7 Å². The number of nitrogens with zero attached hydrogens (tertiary/aromatic N) is 14. The zero-order valence-electron chi connectivity index (χ0n) is 59.8. The molecule has 10 N–H and O–H groups in total. The number of carbonyl (C=O) groups is 5. The highest BCUT2D eigenvalue weighted by Gasteiger charge is 2.44. The Morgan fingerprint density at radius 1 is 0.558 bits per heavy atom. The highest BCUT2D eigenvalue weighted by molar-refractivity contribution is 6.03. The molecule has 104 heavy (non-hydrogen) atoms. The van der Waals surface area contributed by atoms with Gasteiger partial charge in [0.15, 0.2) is 28.5 Å². The Morgan fingerprint density at radius 2 is 0.894 bits per heavy atom. The third-order valence-corrected chi connectivity index (χ3v) is 17.5. The highest BCUT2D eigenvalue weighted by Crippen LogP contribution is 2.43. The first-order valence-corrected chi connectivity index (χ1v) is 32.8. The quantitative estimate of drug-likeness (QED) is 0.0340. The molecule has 9 aromatic heterocycles. The number of ether oxygens (including phenoxy) is 5. The number of carboxylic acid groups (broad SMARTS) is 1. The predicted molar refractivity (Wildman–Crippen MR) is 393 cm³/mol. The number of Topliss-reactive ketones (excluding diaryl/α,β-unsaturated/α-hetero) is 2. The molecule has 3 fully saturated rings. The van der Waals surface area contributed by atoms with Crippen molar-refractivity contribution in [2.45, 2.75) is 163 Å². The summed E-state index contributed by atoms with van der Waals surface area (Å²) in [6.07, 6.45) is 13.1. The van der Waals surface area contributed by atoms with Crippen LogP contribution < -0.4 is 51.0 Å². The molecule has 33 heteroatoms. The van der Waals surface area contributed by atoms with Gasteiger partial charge >= 0.3 is 18.2 Å². The van der Waals surface area contributed by atoms with Gasteiger partial charge in [0, 0.05) is 76.8 Å². The van der Waals surface area contributed by atoms with Gasteiger partial charge in [-0.25, -0.2) is 44.3 Å². The number of fused-ring (bicyclic) bond motifs is 3. The molecule has 9 aromatic rings. The maximum absolute atomic E-state index is 13.2. The van der Waals surface area contributed by atoms with Crippen LogP contribution in [0.15, 0.2) is 91.8 Å². The summed E-state index contributed by atoms with van der Waals surface area (Å²) in [6.45, 7) is 15.9. The van der Waals surface area contributed by atoms with Crippen molar-refractivity contribution in [1.82, 2.24) is 58.7 Å². The fourth-order valence-electron chi connectivity index (χ4n) is 11.0. The standard InChI is InChI=1S/C25H32N6O5.C20H24N6O3.C19H22N6O5.C5H11NO.2CH4/c1-24(2,3)36-23(33)30(5)20-13-19(28-17-8-7-11-26-22(17)35-6)29-21-16(14-27-31(20)21)18(32)12-15-9-10-25(15,4)34;1-20(28)7-6-12(20)9-15(27)13-11-23-26-17(21-2)10-16(25-18(13)26)24-14-5-4-8-22-19(14)29-3;1-19(2,3)30-18(28)24(4)14-9-13(22-12-7-6-8-20-16(12)29-5)23-15-11(17(26)27)10-21-25(14)15;1-5(7)3-2-4(5)6;;/h7-8,11,13-15,34H,9-10,12H2,1-6H3,(H,28,29);4-5,8,10-12,21,28H,6-7,9H2,1-3H3,(H,24,25);6-10H,1-5H3,(H,22,23)(H,26,27);4,7H,2-3,6H2,1H3;2*1H4/t15?,25-;12?,20-;;4-,5+;;/m11.0../s1. The fourth-order valence-corrected chi connectivity index (χ4v) is 11.0. The number of hydrogen-bond acceptors (Lipinski definition) is 27. The van der Waals surface area contributed by atoms with Crippen LogP contribution in [0.1, 0.15) is 160 Å². The Morgan fingerprint density at radius 3 is 1.19 bits per heavy atom. The van der Waals surface area contributed by atoms with E-state index >= 15 is 0 Å². The molecular weight excluding hydrogens is 1340 g/mol. The average Bonchev–Trinajstić information content (AvgIpc) is 1.50. The largest absolute Gasteiger partial charge is 0.480 e. The molecule has 3 aliphatic carbocycles. The molecule has 0 spiro atoms. The summed E-state index contributed by atoms with van der Waals surface area (Å²) < 4.78 is 31.1. The molecule has 0 aliphatic heterocycles. The van der Waals surface area contributed by atoms with Gasteiger partial charge in [-0.3, -0.25) is 19.4 Å². The van der Waals surface area contributed by atoms with E-state index in [-0.39, 0.29) is 85.6 Å². The molecule has 33 nitrogen and oxygen atoms in total. The molecule has 2 amide bonds. The van der Waals surface area contributed by atoms with E-state index < -0.39 is 46.2 Å². The number of hydrogen-bond donors (Lipinski definition) is 9. The number of aromatic nitrogens is 12. The molecule has 0 radical (unpaired) electrons. The number of nitrogens with one attached hydrogen (secondary N) is 4. The number of rotatable bonds is 19. The summed E-state index contributed by atoms with van der Waals surface area (Å²) in [7, 11) is 9.37. The lowest BCUT2D eigenvalue weighted by atomic mass is 9.68. The minimum atomic E-state index is -1.19. The van der Waals surface area contributed by atoms with Gasteiger partial charge in [-0.05, 0) is 149 Å². The summed E-state index contributed by atoms with van der Waals surface area (Å²) in [4.78, 5) is 91.8. The summed E-state index contributed by atoms with van der Waals surface area (Å²) in [5, 5.41) is 64.4. The van der Waals surface area contributed by atoms with Crippen molar-refractivity contribution in [1.29, 1.82) is 0 Å². The molecule has 3 saturated carbocycles. The fraction of sp³-hybridized carbons (Fsp3) is 0.465. The van der Waals surface area contributed by atoms with Gasteiger partial charge in [-0.2, -0.15) is 28.8 Å². The van der Waals surface area contributed by atoms with Crippen molar-refractivity contribution in [3.8, 4) is 17.6 Å². The topological polar surface area (TPSA) is 422 Å². The first-order chi connectivity index (χ1) is 48.0. The molecule has 3 aliphatic rings. The summed E-state index contributed by atoms with van der Waals surface area (Å²) >= 11 is 0. The smallest absolute Gasteiger partial charge is 0.415 e. The first-order valence-electron chi connectivity index (χ1n) is 32.8. The number of carboxylic acids is 1. The minimum absolute atomic E-state index is 0. The highest BCUT2D eigenvalue weighted by atomic mass is 16.6. The van der Waals surface area contributed by atoms with Crippen molar-refractivity contribution < 1.29 is 68.1 Å². The van der Waals surface area contributed by atoms with Gasteiger partial charge in [-0.15, -0.1) is 0 Å². The predicted octanol–water partition coefficient (Wildman–Crippen LogP) is 10.7. The van der Waals surface area contributed by atoms with Crippen LogP contribution in [0.4, 0.5) is 61.6 Å². The van der Waals surface area contributed by atoms with E-state index in [9.17, 15) is 39.3 Å². The lowest BCUT2D eigenvalue weighted by Crippen LogP contribution is -2.54. The van der Waals surface area contributed by atoms with Crippen LogP contribution in [0.25, 0.3) is 16.9 Å². The minimum Gasteiger partial charge on any atom is -0.480 e. The zero-order valence-corrected chi connectivity index (χ0v) is 59.8. The number of nitrogens with two attached hydrogens (primary N) is 1. The third kappa shape index (κ3) is 18.7. The van der Waals surface area contributed by atoms with Crippen LogP contribution >= 0.6 is 0 Å². The molecule has 12 rings (SSSR count). The summed E-state index contributed by atoms with van der Waals surface area (Å²) in [5.41, 5.74) is 4.97. The van der Waals surface area contributed by atoms with Crippen LogP contribution in [0, 0.1) is 11.8 Å². The van der Waals surface area contributed by atoms with E-state index in [1.54, 1.807) is 155 Å². The Balaban J connectivity index is 0.000000207. The normalized spacial score (nSPS) is 19.2. The molecule has 0 saturated heterocycles. The Labute approximate surface area is 602 Å². The molecule has 9 heterocycles. The van der Waals surface area contributed by atoms with Gasteiger partial charge in [0.1, 0.15) is 68.7 Å². The second kappa shape index (κ2) is 32.6. The molecule has 2 unspecified atom stereocenters. The van der Waals surface area contributed by atoms with Crippen LogP contribution in [-0.4, -0.2) is 185 Å². The number of ketones is 2. The zero-order chi connectivity index (χ0) is 74.4. The summed E-state index contributed by atoms with van der Waals surface area (Å²) in [6, 6.07) is 15.6. The second-order valence-electron chi connectivity index (χ2n) is 27.5. The Bertz CT molecular complexity index is 4540. The van der Waals surface area contributed by atoms with Gasteiger partial charge in [-0.1, -0.05) is 14.9 Å². The number of carbonyl (C=O) groups excluding carboxylic acids is 4. The number of aliphatic hydroxyl groups is 3. The Kier molecular flexibility index (Phi) is 25.2. The van der Waals surface area contributed by atoms with Crippen molar-refractivity contribution in [2.24, 2.45) is 17.6 Å². The SMILES string of the molecule is C.C.CNc1cc(Nc2cccnc2OC)nc2c(C(=O)CC3CC[C@@]3(C)O)cnn12.COc1ncccc1Nc1cc(N(C)C(=O)OC(C)(C)C)n2ncc(C(=O)CC3CC[C@@]3(C)O)c2n1.COc1ncccc1Nc1cc(N(C)C(=O)OC(C)(C)C)n2ncc(C(=O)O)c2n1.C[C@@]1(O)CC[C@@H]1N. The first kappa shape index (κ1) is 80.4. The van der Waals surface area contributed by atoms with Crippen LogP contribution in [0.5, 0.6) is 17.6 Å². The number of amides is 2. The van der Waals surface area contributed by atoms with Crippen molar-refractivity contribution >= 4 is 98.6 Å². The lowest BCUT2D eigenvalue weighted by Gasteiger charge is -2.42. The monoisotopic (exact) mass is 1440 g/mol. The van der Waals surface area contributed by atoms with Gasteiger partial charge < -0.3 is 71.1 Å². The summed E-state index contributed by atoms with van der Waals surface area (Å²) in [5.74, 6) is 1.95. The van der Waals surface area contributed by atoms with Crippen molar-refractivity contribution in [2.75, 3.05) is 73.5 Å². The lowest BCUT2D eigenvalue weighted by molar-refractivity contribution is -0.0775. The second-order valence-corrected chi connectivity index (χ2v) is 27.5. The molecular formula is C71H97N19O14. The molecule has 0 aromatic carbocycles. The van der Waals surface area contributed by atoms with Gasteiger partial charge in [0.05, 0.1) is 67.8 Å². The maximum atomic E-state index is 13.2. The van der Waals surface area contributed by atoms with E-state index in [1.807, 2.05) is 6.07 Å². The van der Waals surface area contributed by atoms with Crippen LogP contribution in [0.3, 0.4) is 0 Å². The van der Waals surface area contributed by atoms with E-state index in [0.29, 0.717) is 81.2 Å². The number of pyridine rings is 3. The van der Waals surface area contributed by atoms with Crippen molar-refractivity contribution in [3.05, 3.63) is 108 Å². The van der Waals surface area contributed by atoms with E-state index in [2.05, 4.69) is 66.5 Å². The Hall–Kier alpha value is -10.9. The third-order valence-electron chi connectivity index (χ3n) is 17.5. The van der Waals surface area contributed by atoms with Crippen LogP contribution in [0.2, 0.25) is 0 Å². The molecule has 0 bridgehead atoms. The van der Waals surface area contributed by atoms with E-state index in [0.717, 1.165) is 32.1 Å². The van der Waals surface area contributed by atoms with Gasteiger partial charge in [0.25, 0.3) is 0 Å². The van der Waals surface area contributed by atoms with Gasteiger partial charge in [0.2, 0.25) is 17.6 Å². The molecule has 6 atom stereocenters. The van der Waals surface area contributed by atoms with Crippen LogP contribution in [-0.2, 0) is 9.47 Å². The number of anilines is 9. The maximum Gasteiger partial charge on any atom is 0.415 e. The number of aromatic carboxylic acids is 1. The average molecular weight is 1440 g/mol. The van der Waals surface area contributed by atoms with E-state index in [4.69, 9.17) is 34.5 Å². The number of methoxy groups -OCH3 is 3. The van der Waals surface area contributed by atoms with Crippen molar-refractivity contribution in [3.63, 3.8) is 0 Å². The molecule has 560 valence electrons.